The first-order valence-corrected chi connectivity index (χ1v) is 23.6. The summed E-state index contributed by atoms with van der Waals surface area (Å²) in [6.45, 7) is 6.87. The van der Waals surface area contributed by atoms with Crippen LogP contribution in [0.4, 0.5) is 0 Å². The molecule has 320 valence electrons. The summed E-state index contributed by atoms with van der Waals surface area (Å²) in [5.74, 6) is 0. The zero-order valence-corrected chi connectivity index (χ0v) is 42.0. The second-order valence-corrected chi connectivity index (χ2v) is 18.9. The molecule has 0 N–H and O–H groups in total. The number of allylic oxidation sites excluding steroid dienone is 4. The molecule has 0 aliphatic heterocycles. The van der Waals surface area contributed by atoms with Crippen LogP contribution in [-0.2, 0) is 43.5 Å². The van der Waals surface area contributed by atoms with Gasteiger partial charge >= 0.3 is 133 Å². The number of rotatable bonds is 9. The smallest absolute Gasteiger partial charge is 0.109 e. The van der Waals surface area contributed by atoms with Crippen molar-refractivity contribution in [2.75, 3.05) is 0 Å². The number of fused-ring (bicyclic) bond motifs is 5. The van der Waals surface area contributed by atoms with Crippen LogP contribution in [-0.4, -0.2) is 3.21 Å². The van der Waals surface area contributed by atoms with Crippen molar-refractivity contribution in [1.82, 2.24) is 0 Å². The summed E-state index contributed by atoms with van der Waals surface area (Å²) >= 11 is 13.2. The van der Waals surface area contributed by atoms with Gasteiger partial charge in [0.05, 0.1) is 0 Å². The quantitative estimate of drug-likeness (QED) is 0.126. The van der Waals surface area contributed by atoms with E-state index in [1.54, 1.807) is 0 Å². The Bertz CT molecular complexity index is 3010. The number of unbranched alkanes of at least 4 members (excludes halogenated alkanes) is 1. The van der Waals surface area contributed by atoms with Gasteiger partial charge in [-0.05, 0) is 57.6 Å². The minimum atomic E-state index is 0. The average Bonchev–Trinajstić information content (AvgIpc) is 3.99. The van der Waals surface area contributed by atoms with Crippen molar-refractivity contribution >= 4 is 69.5 Å². The summed E-state index contributed by atoms with van der Waals surface area (Å²) in [5, 5.41) is 12.4. The molecule has 0 nitrogen and oxygen atoms in total. The van der Waals surface area contributed by atoms with Crippen LogP contribution >= 0.6 is 23.2 Å². The second kappa shape index (κ2) is 23.1. The molecule has 0 saturated heterocycles. The van der Waals surface area contributed by atoms with E-state index in [1.165, 1.54) is 133 Å². The first kappa shape index (κ1) is 49.0. The van der Waals surface area contributed by atoms with E-state index in [4.69, 9.17) is 23.2 Å². The molecule has 9 aromatic carbocycles. The Morgan fingerprint density at radius 2 is 1.16 bits per heavy atom. The van der Waals surface area contributed by atoms with Gasteiger partial charge in [0, 0.05) is 0 Å². The van der Waals surface area contributed by atoms with Crippen LogP contribution in [0.1, 0.15) is 54.0 Å². The van der Waals surface area contributed by atoms with E-state index in [-0.39, 0.29) is 24.8 Å². The molecule has 0 amide bonds. The molecular formula is C59H50Cl4Zr-2. The Morgan fingerprint density at radius 1 is 0.609 bits per heavy atom. The maximum Gasteiger partial charge on any atom is -0.109 e. The van der Waals surface area contributed by atoms with Gasteiger partial charge in [0.2, 0.25) is 0 Å². The summed E-state index contributed by atoms with van der Waals surface area (Å²) in [7, 11) is 0. The molecule has 0 spiro atoms. The molecule has 0 unspecified atom stereocenters. The second-order valence-electron chi connectivity index (χ2n) is 16.3. The van der Waals surface area contributed by atoms with Crippen LogP contribution in [0.5, 0.6) is 0 Å². The normalized spacial score (nSPS) is 11.5. The van der Waals surface area contributed by atoms with Crippen molar-refractivity contribution < 1.29 is 49.0 Å². The minimum absolute atomic E-state index is 0. The minimum Gasteiger partial charge on any atom is -1.00 e. The van der Waals surface area contributed by atoms with Crippen LogP contribution in [0, 0.1) is 19.9 Å². The summed E-state index contributed by atoms with van der Waals surface area (Å²) in [4.78, 5) is 0. The Hall–Kier alpha value is -4.46. The molecule has 5 heteroatoms. The van der Waals surface area contributed by atoms with Crippen molar-refractivity contribution in [3.63, 3.8) is 0 Å². The van der Waals surface area contributed by atoms with Crippen molar-refractivity contribution in [1.29, 1.82) is 0 Å². The molecule has 0 radical (unpaired) electrons. The standard InChI is InChI=1S/C39H33.C15H12Cl2.C5H5.2ClH.Zr/c1-4-5-16-34-38-24-29-23-35(32-19-10-14-27-12-6-8-17-30(27)32)25(2)21-36(29)37(38)22-26(3)39(34)33-20-11-15-28-13-7-9-18-31(28)33;16-14-8-4-12(5-9-14)2-1-3-13-6-10-15(17)11-7-13;1-2-4-5-3-1;;;/h6-15,17-24H,4-5,16H2,1-3H3;4-11H,2-3H2;1-3H,4H2;2*1H;/q-1;;-1;;;+2/p-2. The fraction of sp³-hybridized carbons (Fsp3) is 0.153. The van der Waals surface area contributed by atoms with E-state index in [2.05, 4.69) is 166 Å². The Labute approximate surface area is 416 Å². The SMILES string of the molecule is CCCCc1c(-c2cccc3ccccc23)c(C)cc2c1[cH-]c1cc(-c3cccc4ccccc34)c(C)cc12.Clc1ccc(C[C](=[Zr+2])Cc2ccc(Cl)cc2)cc1.[C-]1=CC=CC1.[Cl-].[Cl-]. The fourth-order valence-corrected chi connectivity index (χ4v) is 10.1. The van der Waals surface area contributed by atoms with E-state index in [0.717, 1.165) is 35.7 Å². The van der Waals surface area contributed by atoms with E-state index in [1.807, 2.05) is 36.4 Å². The predicted molar refractivity (Wildman–Crippen MR) is 268 cm³/mol. The molecule has 0 fully saturated rings. The summed E-state index contributed by atoms with van der Waals surface area (Å²) in [6.07, 6.45) is 15.5. The number of benzene rings is 8. The van der Waals surface area contributed by atoms with Gasteiger partial charge in [-0.3, -0.25) is 6.08 Å². The third kappa shape index (κ3) is 11.5. The Kier molecular flexibility index (Phi) is 17.7. The maximum atomic E-state index is 5.88. The third-order valence-electron chi connectivity index (χ3n) is 11.8. The summed E-state index contributed by atoms with van der Waals surface area (Å²) in [6, 6.07) is 56.9. The van der Waals surface area contributed by atoms with Crippen LogP contribution in [0.15, 0.2) is 176 Å². The van der Waals surface area contributed by atoms with Gasteiger partial charge in [0.1, 0.15) is 0 Å². The molecule has 0 aromatic heterocycles. The number of halogens is 4. The van der Waals surface area contributed by atoms with Crippen LogP contribution in [0.3, 0.4) is 0 Å². The summed E-state index contributed by atoms with van der Waals surface area (Å²) in [5.41, 5.74) is 12.3. The van der Waals surface area contributed by atoms with Gasteiger partial charge in [-0.15, -0.1) is 40.1 Å². The number of aryl methyl sites for hydroxylation is 3. The fourth-order valence-electron chi connectivity index (χ4n) is 8.80. The van der Waals surface area contributed by atoms with Gasteiger partial charge in [-0.2, -0.15) is 6.08 Å². The average molecular weight is 992 g/mol. The third-order valence-corrected chi connectivity index (χ3v) is 13.2. The molecule has 64 heavy (non-hydrogen) atoms. The van der Waals surface area contributed by atoms with Crippen LogP contribution < -0.4 is 24.8 Å². The van der Waals surface area contributed by atoms with Crippen LogP contribution in [0.2, 0.25) is 10.0 Å². The number of hydrogen-bond acceptors (Lipinski definition) is 0. The van der Waals surface area contributed by atoms with E-state index >= 15 is 0 Å². The van der Waals surface area contributed by atoms with Crippen molar-refractivity contribution in [3.05, 3.63) is 220 Å². The number of hydrogen-bond donors (Lipinski definition) is 0. The summed E-state index contributed by atoms with van der Waals surface area (Å²) < 4.78 is 1.52. The monoisotopic (exact) mass is 988 g/mol. The van der Waals surface area contributed by atoms with E-state index < -0.39 is 0 Å². The Morgan fingerprint density at radius 3 is 1.70 bits per heavy atom. The first-order chi connectivity index (χ1) is 30.3. The molecule has 10 rings (SSSR count). The topological polar surface area (TPSA) is 0 Å². The molecule has 0 atom stereocenters. The van der Waals surface area contributed by atoms with Crippen molar-refractivity contribution in [2.24, 2.45) is 0 Å². The molecule has 1 aliphatic carbocycles. The zero-order chi connectivity index (χ0) is 43.0. The zero-order valence-electron chi connectivity index (χ0n) is 36.5. The van der Waals surface area contributed by atoms with Gasteiger partial charge in [-0.25, -0.2) is 12.2 Å². The first-order valence-electron chi connectivity index (χ1n) is 21.7. The van der Waals surface area contributed by atoms with E-state index in [9.17, 15) is 0 Å². The van der Waals surface area contributed by atoms with Crippen molar-refractivity contribution in [3.8, 4) is 22.3 Å². The van der Waals surface area contributed by atoms with Gasteiger partial charge in [-0.1, -0.05) is 140 Å². The van der Waals surface area contributed by atoms with Gasteiger partial charge < -0.3 is 24.8 Å². The molecule has 1 aliphatic rings. The van der Waals surface area contributed by atoms with Gasteiger partial charge in [0.25, 0.3) is 0 Å². The maximum absolute atomic E-state index is 5.88. The largest absolute Gasteiger partial charge is 1.00 e. The molecule has 0 heterocycles. The molecule has 9 aromatic rings. The van der Waals surface area contributed by atoms with Crippen molar-refractivity contribution in [2.45, 2.75) is 59.3 Å². The molecule has 0 bridgehead atoms. The molecule has 0 saturated carbocycles. The molecular weight excluding hydrogens is 942 g/mol. The Balaban J connectivity index is 0.000000226. The van der Waals surface area contributed by atoms with E-state index in [0.29, 0.717) is 0 Å². The van der Waals surface area contributed by atoms with Gasteiger partial charge in [0.15, 0.2) is 0 Å². The predicted octanol–water partition coefficient (Wildman–Crippen LogP) is 11.1. The van der Waals surface area contributed by atoms with Crippen LogP contribution in [0.25, 0.3) is 65.3 Å².